The molecule has 0 spiro atoms. The number of nitrogens with one attached hydrogen (secondary N) is 1. The van der Waals surface area contributed by atoms with Gasteiger partial charge in [-0.2, -0.15) is 13.2 Å². The van der Waals surface area contributed by atoms with Crippen LogP contribution >= 0.6 is 0 Å². The third-order valence-electron chi connectivity index (χ3n) is 4.04. The first-order chi connectivity index (χ1) is 7.97. The summed E-state index contributed by atoms with van der Waals surface area (Å²) in [7, 11) is 0. The van der Waals surface area contributed by atoms with Gasteiger partial charge in [0.15, 0.2) is 0 Å². The van der Waals surface area contributed by atoms with Gasteiger partial charge in [-0.25, -0.2) is 0 Å². The lowest BCUT2D eigenvalue weighted by molar-refractivity contribution is -0.182. The van der Waals surface area contributed by atoms with Crippen LogP contribution in [0.5, 0.6) is 0 Å². The van der Waals surface area contributed by atoms with Crippen molar-refractivity contribution in [3.8, 4) is 0 Å². The topological polar surface area (TPSA) is 12.0 Å². The van der Waals surface area contributed by atoms with E-state index in [2.05, 4.69) is 19.2 Å². The van der Waals surface area contributed by atoms with Gasteiger partial charge in [0.25, 0.3) is 0 Å². The monoisotopic (exact) mass is 251 g/mol. The van der Waals surface area contributed by atoms with Crippen LogP contribution in [0.2, 0.25) is 0 Å². The molecule has 0 unspecified atom stereocenters. The molecule has 0 bridgehead atoms. The molecule has 1 aliphatic rings. The van der Waals surface area contributed by atoms with Crippen LogP contribution in [0.3, 0.4) is 0 Å². The maximum atomic E-state index is 12.5. The van der Waals surface area contributed by atoms with E-state index in [9.17, 15) is 13.2 Å². The van der Waals surface area contributed by atoms with Crippen LogP contribution in [0.15, 0.2) is 0 Å². The molecular formula is C13H24F3N. The Morgan fingerprint density at radius 2 is 1.59 bits per heavy atom. The van der Waals surface area contributed by atoms with Gasteiger partial charge in [-0.05, 0) is 38.1 Å². The normalized spacial score (nSPS) is 26.5. The van der Waals surface area contributed by atoms with Crippen LogP contribution in [0.1, 0.15) is 52.4 Å². The second-order valence-corrected chi connectivity index (χ2v) is 5.18. The highest BCUT2D eigenvalue weighted by atomic mass is 19.4. The summed E-state index contributed by atoms with van der Waals surface area (Å²) in [6.45, 7) is 5.28. The predicted octanol–water partition coefficient (Wildman–Crippen LogP) is 4.13. The SMILES string of the molecule is CCC(CC)CNC1CCC(C(F)(F)F)CC1. The highest BCUT2D eigenvalue weighted by Gasteiger charge is 2.41. The third kappa shape index (κ3) is 4.86. The first-order valence-corrected chi connectivity index (χ1v) is 6.77. The summed E-state index contributed by atoms with van der Waals surface area (Å²) in [5.74, 6) is -0.399. The first kappa shape index (κ1) is 14.8. The average Bonchev–Trinajstić information content (AvgIpc) is 2.30. The fourth-order valence-corrected chi connectivity index (χ4v) is 2.54. The highest BCUT2D eigenvalue weighted by Crippen LogP contribution is 2.37. The minimum atomic E-state index is -3.99. The van der Waals surface area contributed by atoms with Crippen LogP contribution < -0.4 is 5.32 Å². The van der Waals surface area contributed by atoms with Crippen molar-refractivity contribution in [1.82, 2.24) is 5.32 Å². The van der Waals surface area contributed by atoms with Crippen molar-refractivity contribution in [2.75, 3.05) is 6.54 Å². The van der Waals surface area contributed by atoms with Gasteiger partial charge in [0.2, 0.25) is 0 Å². The number of alkyl halides is 3. The number of hydrogen-bond donors (Lipinski definition) is 1. The second kappa shape index (κ2) is 6.62. The molecule has 0 radical (unpaired) electrons. The summed E-state index contributed by atoms with van der Waals surface area (Å²) in [5, 5.41) is 3.43. The molecule has 0 aromatic carbocycles. The molecule has 0 aliphatic heterocycles. The Kier molecular flexibility index (Phi) is 5.77. The second-order valence-electron chi connectivity index (χ2n) is 5.18. The molecule has 0 amide bonds. The molecule has 4 heteroatoms. The van der Waals surface area contributed by atoms with E-state index in [-0.39, 0.29) is 0 Å². The molecule has 17 heavy (non-hydrogen) atoms. The molecular weight excluding hydrogens is 227 g/mol. The van der Waals surface area contributed by atoms with Gasteiger partial charge in [-0.1, -0.05) is 26.7 Å². The summed E-state index contributed by atoms with van der Waals surface area (Å²) in [4.78, 5) is 0. The zero-order valence-electron chi connectivity index (χ0n) is 10.8. The quantitative estimate of drug-likeness (QED) is 0.774. The maximum absolute atomic E-state index is 12.5. The number of hydrogen-bond acceptors (Lipinski definition) is 1. The van der Waals surface area contributed by atoms with Crippen LogP contribution in [-0.4, -0.2) is 18.8 Å². The van der Waals surface area contributed by atoms with Crippen LogP contribution in [0, 0.1) is 11.8 Å². The summed E-state index contributed by atoms with van der Waals surface area (Å²) < 4.78 is 37.4. The average molecular weight is 251 g/mol. The van der Waals surface area contributed by atoms with Gasteiger partial charge >= 0.3 is 6.18 Å². The van der Waals surface area contributed by atoms with Crippen molar-refractivity contribution in [1.29, 1.82) is 0 Å². The molecule has 1 nitrogen and oxygen atoms in total. The zero-order chi connectivity index (χ0) is 12.9. The Balaban J connectivity index is 2.23. The summed E-state index contributed by atoms with van der Waals surface area (Å²) in [6, 6.07) is 0.300. The van der Waals surface area contributed by atoms with E-state index in [1.54, 1.807) is 0 Å². The Morgan fingerprint density at radius 1 is 1.06 bits per heavy atom. The van der Waals surface area contributed by atoms with Crippen molar-refractivity contribution in [2.45, 2.75) is 64.6 Å². The van der Waals surface area contributed by atoms with Crippen molar-refractivity contribution in [2.24, 2.45) is 11.8 Å². The van der Waals surface area contributed by atoms with E-state index in [0.717, 1.165) is 19.4 Å². The van der Waals surface area contributed by atoms with Crippen LogP contribution in [0.25, 0.3) is 0 Å². The van der Waals surface area contributed by atoms with Crippen molar-refractivity contribution >= 4 is 0 Å². The van der Waals surface area contributed by atoms with Crippen molar-refractivity contribution in [3.63, 3.8) is 0 Å². The molecule has 102 valence electrons. The van der Waals surface area contributed by atoms with E-state index in [0.29, 0.717) is 37.6 Å². The zero-order valence-corrected chi connectivity index (χ0v) is 10.8. The highest BCUT2D eigenvalue weighted by molar-refractivity contribution is 4.81. The Bertz CT molecular complexity index is 203. The molecule has 1 saturated carbocycles. The number of halogens is 3. The third-order valence-corrected chi connectivity index (χ3v) is 4.04. The molecule has 1 rings (SSSR count). The molecule has 1 aliphatic carbocycles. The van der Waals surface area contributed by atoms with Gasteiger partial charge in [0, 0.05) is 6.04 Å². The van der Waals surface area contributed by atoms with E-state index < -0.39 is 12.1 Å². The van der Waals surface area contributed by atoms with E-state index >= 15 is 0 Å². The molecule has 1 N–H and O–H groups in total. The van der Waals surface area contributed by atoms with E-state index in [1.165, 1.54) is 0 Å². The lowest BCUT2D eigenvalue weighted by Crippen LogP contribution is -2.38. The lowest BCUT2D eigenvalue weighted by atomic mass is 9.85. The molecule has 0 aromatic rings. The molecule has 0 saturated heterocycles. The van der Waals surface area contributed by atoms with Crippen molar-refractivity contribution < 1.29 is 13.2 Å². The first-order valence-electron chi connectivity index (χ1n) is 6.77. The lowest BCUT2D eigenvalue weighted by Gasteiger charge is -2.31. The standard InChI is InChI=1S/C13H24F3N/c1-3-10(4-2)9-17-12-7-5-11(6-8-12)13(14,15)16/h10-12,17H,3-9H2,1-2H3. The summed E-state index contributed by atoms with van der Waals surface area (Å²) in [6.07, 6.45) is 0.228. The minimum absolute atomic E-state index is 0.296. The van der Waals surface area contributed by atoms with Gasteiger partial charge in [0.1, 0.15) is 0 Å². The van der Waals surface area contributed by atoms with Gasteiger partial charge < -0.3 is 5.32 Å². The smallest absolute Gasteiger partial charge is 0.314 e. The molecule has 0 aromatic heterocycles. The molecule has 0 atom stereocenters. The van der Waals surface area contributed by atoms with Crippen LogP contribution in [-0.2, 0) is 0 Å². The van der Waals surface area contributed by atoms with Crippen molar-refractivity contribution in [3.05, 3.63) is 0 Å². The summed E-state index contributed by atoms with van der Waals surface area (Å²) >= 11 is 0. The Morgan fingerprint density at radius 3 is 2.00 bits per heavy atom. The molecule has 0 heterocycles. The van der Waals surface area contributed by atoms with Gasteiger partial charge in [-0.15, -0.1) is 0 Å². The predicted molar refractivity (Wildman–Crippen MR) is 63.9 cm³/mol. The van der Waals surface area contributed by atoms with E-state index in [4.69, 9.17) is 0 Å². The fourth-order valence-electron chi connectivity index (χ4n) is 2.54. The number of rotatable bonds is 5. The molecule has 1 fully saturated rings. The van der Waals surface area contributed by atoms with E-state index in [1.807, 2.05) is 0 Å². The fraction of sp³-hybridized carbons (Fsp3) is 1.00. The minimum Gasteiger partial charge on any atom is -0.314 e. The maximum Gasteiger partial charge on any atom is 0.391 e. The Labute approximate surface area is 102 Å². The largest absolute Gasteiger partial charge is 0.391 e. The van der Waals surface area contributed by atoms with Gasteiger partial charge in [-0.3, -0.25) is 0 Å². The Hall–Kier alpha value is -0.250. The van der Waals surface area contributed by atoms with Crippen LogP contribution in [0.4, 0.5) is 13.2 Å². The van der Waals surface area contributed by atoms with Gasteiger partial charge in [0.05, 0.1) is 5.92 Å². The summed E-state index contributed by atoms with van der Waals surface area (Å²) in [5.41, 5.74) is 0.